The predicted molar refractivity (Wildman–Crippen MR) is 157 cm³/mol. The van der Waals surface area contributed by atoms with Gasteiger partial charge in [-0.3, -0.25) is 0 Å². The smallest absolute Gasteiger partial charge is 0.0629 e. The SMILES string of the molecule is C1=CCC(N2C3=CCC(c4ccc5c(c4)C4C=CC=CC4N5c4ccccc4)CC3C3C=CC=CC32)C=C1. The lowest BCUT2D eigenvalue weighted by atomic mass is 9.74. The van der Waals surface area contributed by atoms with Gasteiger partial charge in [0.25, 0.3) is 0 Å². The summed E-state index contributed by atoms with van der Waals surface area (Å²) in [6.45, 7) is 0. The molecule has 0 bridgehead atoms. The van der Waals surface area contributed by atoms with Crippen LogP contribution in [0.2, 0.25) is 0 Å². The minimum atomic E-state index is 0.353. The first-order chi connectivity index (χ1) is 18.9. The van der Waals surface area contributed by atoms with Crippen LogP contribution in [-0.4, -0.2) is 23.0 Å². The molecule has 6 aliphatic rings. The second-order valence-corrected chi connectivity index (χ2v) is 11.6. The number of fused-ring (bicyclic) bond motifs is 6. The minimum Gasteiger partial charge on any atom is -0.361 e. The van der Waals surface area contributed by atoms with Gasteiger partial charge >= 0.3 is 0 Å². The van der Waals surface area contributed by atoms with Gasteiger partial charge in [0.05, 0.1) is 18.1 Å². The Hall–Kier alpha value is -3.78. The van der Waals surface area contributed by atoms with Crippen molar-refractivity contribution >= 4 is 11.4 Å². The Bertz CT molecular complexity index is 1450. The van der Waals surface area contributed by atoms with Gasteiger partial charge < -0.3 is 9.80 Å². The monoisotopic (exact) mass is 494 g/mol. The molecule has 0 amide bonds. The van der Waals surface area contributed by atoms with E-state index in [1.165, 1.54) is 28.9 Å². The van der Waals surface area contributed by atoms with Crippen LogP contribution in [0.4, 0.5) is 11.4 Å². The summed E-state index contributed by atoms with van der Waals surface area (Å²) in [5.41, 5.74) is 7.23. The van der Waals surface area contributed by atoms with Crippen molar-refractivity contribution in [2.45, 2.75) is 49.2 Å². The zero-order chi connectivity index (χ0) is 25.1. The van der Waals surface area contributed by atoms with E-state index in [0.29, 0.717) is 41.8 Å². The molecule has 38 heavy (non-hydrogen) atoms. The van der Waals surface area contributed by atoms with Crippen molar-refractivity contribution in [1.82, 2.24) is 4.90 Å². The van der Waals surface area contributed by atoms with E-state index >= 15 is 0 Å². The predicted octanol–water partition coefficient (Wildman–Crippen LogP) is 8.11. The van der Waals surface area contributed by atoms with Crippen LogP contribution in [0.15, 0.2) is 133 Å². The largest absolute Gasteiger partial charge is 0.361 e. The van der Waals surface area contributed by atoms with Gasteiger partial charge in [-0.05, 0) is 54.5 Å². The summed E-state index contributed by atoms with van der Waals surface area (Å²) in [6, 6.07) is 19.6. The Kier molecular flexibility index (Phi) is 5.21. The molecular formula is C36H34N2. The fourth-order valence-corrected chi connectivity index (χ4v) is 7.99. The normalized spacial score (nSPS) is 33.7. The Balaban J connectivity index is 1.13. The molecular weight excluding hydrogens is 460 g/mol. The summed E-state index contributed by atoms with van der Waals surface area (Å²) >= 11 is 0. The molecule has 8 rings (SSSR count). The van der Waals surface area contributed by atoms with Crippen molar-refractivity contribution in [2.24, 2.45) is 11.8 Å². The van der Waals surface area contributed by atoms with Gasteiger partial charge in [-0.15, -0.1) is 0 Å². The van der Waals surface area contributed by atoms with Gasteiger partial charge in [-0.1, -0.05) is 109 Å². The third kappa shape index (κ3) is 3.39. The number of benzene rings is 2. The molecule has 0 radical (unpaired) electrons. The van der Waals surface area contributed by atoms with Crippen molar-refractivity contribution in [1.29, 1.82) is 0 Å². The van der Waals surface area contributed by atoms with E-state index in [-0.39, 0.29) is 0 Å². The fourth-order valence-electron chi connectivity index (χ4n) is 7.99. The lowest BCUT2D eigenvalue weighted by Gasteiger charge is -2.36. The van der Waals surface area contributed by atoms with Crippen LogP contribution in [0.3, 0.4) is 0 Å². The molecule has 188 valence electrons. The number of para-hydroxylation sites is 1. The maximum absolute atomic E-state index is 2.75. The number of allylic oxidation sites excluding steroid dienone is 8. The van der Waals surface area contributed by atoms with Gasteiger partial charge in [0.1, 0.15) is 0 Å². The van der Waals surface area contributed by atoms with Crippen LogP contribution in [0.25, 0.3) is 0 Å². The summed E-state index contributed by atoms with van der Waals surface area (Å²) in [6.07, 6.45) is 33.9. The van der Waals surface area contributed by atoms with Gasteiger partial charge in [0, 0.05) is 34.8 Å². The standard InChI is InChI=1S/C36H34N2/c1-3-11-27(12-4-1)37-33-17-9-7-15-29(33)31-23-25(19-21-35(31)37)26-20-22-36-32(24-26)30-16-8-10-18-34(30)38(36)28-13-5-2-6-14-28/h1-13,15-19,21-23,26,28-30,32-34H,14,20,24H2. The molecule has 1 fully saturated rings. The second kappa shape index (κ2) is 8.91. The summed E-state index contributed by atoms with van der Waals surface area (Å²) in [5.74, 6) is 2.16. The average Bonchev–Trinajstić information content (AvgIpc) is 3.50. The summed E-state index contributed by atoms with van der Waals surface area (Å²) in [4.78, 5) is 5.28. The Labute approximate surface area is 226 Å². The van der Waals surface area contributed by atoms with E-state index in [4.69, 9.17) is 0 Å². The first-order valence-corrected chi connectivity index (χ1v) is 14.4. The topological polar surface area (TPSA) is 6.48 Å². The van der Waals surface area contributed by atoms with Crippen LogP contribution in [0.5, 0.6) is 0 Å². The highest BCUT2D eigenvalue weighted by atomic mass is 15.2. The molecule has 2 nitrogen and oxygen atoms in total. The van der Waals surface area contributed by atoms with Crippen LogP contribution in [0.1, 0.15) is 42.2 Å². The molecule has 2 aromatic carbocycles. The maximum atomic E-state index is 2.75. The van der Waals surface area contributed by atoms with Crippen molar-refractivity contribution in [2.75, 3.05) is 4.90 Å². The van der Waals surface area contributed by atoms with Gasteiger partial charge in [-0.25, -0.2) is 0 Å². The molecule has 2 heterocycles. The number of hydrogen-bond acceptors (Lipinski definition) is 2. The van der Waals surface area contributed by atoms with Crippen LogP contribution < -0.4 is 4.90 Å². The van der Waals surface area contributed by atoms with Crippen molar-refractivity contribution in [3.63, 3.8) is 0 Å². The maximum Gasteiger partial charge on any atom is 0.0629 e. The van der Waals surface area contributed by atoms with Crippen LogP contribution in [-0.2, 0) is 0 Å². The molecule has 4 aliphatic carbocycles. The third-order valence-electron chi connectivity index (χ3n) is 9.66. The average molecular weight is 495 g/mol. The first-order valence-electron chi connectivity index (χ1n) is 14.4. The van der Waals surface area contributed by atoms with E-state index in [0.717, 1.165) is 12.8 Å². The van der Waals surface area contributed by atoms with E-state index in [9.17, 15) is 0 Å². The zero-order valence-corrected chi connectivity index (χ0v) is 21.7. The molecule has 0 saturated carbocycles. The highest BCUT2D eigenvalue weighted by Crippen LogP contribution is 2.53. The number of likely N-dealkylation sites (tertiary alicyclic amines) is 1. The lowest BCUT2D eigenvalue weighted by Crippen LogP contribution is -2.38. The molecule has 2 heteroatoms. The minimum absolute atomic E-state index is 0.353. The Morgan fingerprint density at radius 3 is 2.39 bits per heavy atom. The quantitative estimate of drug-likeness (QED) is 0.425. The number of nitrogens with zero attached hydrogens (tertiary/aromatic N) is 2. The zero-order valence-electron chi connectivity index (χ0n) is 21.7. The van der Waals surface area contributed by atoms with Crippen molar-refractivity contribution < 1.29 is 0 Å². The molecule has 0 spiro atoms. The van der Waals surface area contributed by atoms with Gasteiger partial charge in [0.2, 0.25) is 0 Å². The fraction of sp³-hybridized carbons (Fsp3) is 0.278. The molecule has 2 aliphatic heterocycles. The first kappa shape index (κ1) is 22.2. The molecule has 7 unspecified atom stereocenters. The van der Waals surface area contributed by atoms with E-state index in [1.54, 1.807) is 5.70 Å². The van der Waals surface area contributed by atoms with Crippen molar-refractivity contribution in [3.05, 3.63) is 144 Å². The third-order valence-corrected chi connectivity index (χ3v) is 9.66. The van der Waals surface area contributed by atoms with E-state index in [2.05, 4.69) is 137 Å². The van der Waals surface area contributed by atoms with E-state index in [1.807, 2.05) is 0 Å². The Morgan fingerprint density at radius 2 is 1.53 bits per heavy atom. The lowest BCUT2D eigenvalue weighted by molar-refractivity contribution is 0.266. The molecule has 0 aromatic heterocycles. The number of rotatable bonds is 3. The summed E-state index contributed by atoms with van der Waals surface area (Å²) < 4.78 is 0. The van der Waals surface area contributed by atoms with E-state index < -0.39 is 0 Å². The number of hydrogen-bond donors (Lipinski definition) is 0. The molecule has 0 N–H and O–H groups in total. The summed E-state index contributed by atoms with van der Waals surface area (Å²) in [5, 5.41) is 0. The molecule has 2 aromatic rings. The Morgan fingerprint density at radius 1 is 0.711 bits per heavy atom. The van der Waals surface area contributed by atoms with Crippen LogP contribution in [0, 0.1) is 11.8 Å². The van der Waals surface area contributed by atoms with Gasteiger partial charge in [0.15, 0.2) is 0 Å². The highest BCUT2D eigenvalue weighted by molar-refractivity contribution is 5.75. The molecule has 7 atom stereocenters. The highest BCUT2D eigenvalue weighted by Gasteiger charge is 2.47. The second-order valence-electron chi connectivity index (χ2n) is 11.6. The van der Waals surface area contributed by atoms with Crippen molar-refractivity contribution in [3.8, 4) is 0 Å². The van der Waals surface area contributed by atoms with Crippen LogP contribution >= 0.6 is 0 Å². The molecule has 1 saturated heterocycles. The summed E-state index contributed by atoms with van der Waals surface area (Å²) in [7, 11) is 0. The number of anilines is 2. The van der Waals surface area contributed by atoms with Gasteiger partial charge in [-0.2, -0.15) is 0 Å².